The third-order valence-corrected chi connectivity index (χ3v) is 5.74. The number of hydrogen-bond acceptors (Lipinski definition) is 6. The van der Waals surface area contributed by atoms with Gasteiger partial charge >= 0.3 is 5.69 Å². The third kappa shape index (κ3) is 3.15. The SMILES string of the molecule is Cn1c(=O)c2c(nc3n(Cc4ccccn4)c(=O)c(Cc4ccccc4)c(O)n23)n(C)c1=O. The minimum atomic E-state index is -0.621. The van der Waals surface area contributed by atoms with E-state index in [0.29, 0.717) is 5.69 Å². The summed E-state index contributed by atoms with van der Waals surface area (Å²) in [6.45, 7) is 0.0722. The Kier molecular flexibility index (Phi) is 4.70. The number of aromatic hydroxyl groups is 1. The normalized spacial score (nSPS) is 11.5. The Hall–Kier alpha value is -4.47. The molecule has 5 aromatic rings. The fraction of sp³-hybridized carbons (Fsp3) is 0.174. The summed E-state index contributed by atoms with van der Waals surface area (Å²) in [4.78, 5) is 47.8. The second-order valence-electron chi connectivity index (χ2n) is 7.80. The Balaban J connectivity index is 1.92. The van der Waals surface area contributed by atoms with Crippen molar-refractivity contribution in [2.24, 2.45) is 14.1 Å². The standard InChI is InChI=1S/C23H20N6O4/c1-26-18-17(21(32)27(2)23(26)33)29-20(31)16(12-14-8-4-3-5-9-14)19(30)28(22(29)25-18)13-15-10-6-7-11-24-15/h3-11,31H,12-13H2,1-2H3. The molecule has 166 valence electrons. The van der Waals surface area contributed by atoms with Gasteiger partial charge in [-0.3, -0.25) is 28.3 Å². The van der Waals surface area contributed by atoms with E-state index in [1.807, 2.05) is 30.3 Å². The van der Waals surface area contributed by atoms with Crippen LogP contribution in [0.2, 0.25) is 0 Å². The molecule has 33 heavy (non-hydrogen) atoms. The lowest BCUT2D eigenvalue weighted by Gasteiger charge is -2.13. The molecule has 4 aromatic heterocycles. The maximum absolute atomic E-state index is 13.6. The van der Waals surface area contributed by atoms with E-state index in [1.165, 1.54) is 27.6 Å². The van der Waals surface area contributed by atoms with Gasteiger partial charge in [0.15, 0.2) is 11.2 Å². The number of rotatable bonds is 4. The zero-order valence-corrected chi connectivity index (χ0v) is 18.0. The highest BCUT2D eigenvalue weighted by Crippen LogP contribution is 2.23. The average molecular weight is 444 g/mol. The molecular weight excluding hydrogens is 424 g/mol. The van der Waals surface area contributed by atoms with E-state index >= 15 is 0 Å². The molecule has 1 aromatic carbocycles. The van der Waals surface area contributed by atoms with Crippen LogP contribution in [-0.2, 0) is 27.1 Å². The molecular formula is C23H20N6O4. The number of hydrogen-bond donors (Lipinski definition) is 1. The van der Waals surface area contributed by atoms with Crippen molar-refractivity contribution in [3.63, 3.8) is 0 Å². The van der Waals surface area contributed by atoms with Crippen molar-refractivity contribution in [3.05, 3.63) is 103 Å². The molecule has 0 spiro atoms. The molecule has 0 radical (unpaired) electrons. The predicted molar refractivity (Wildman–Crippen MR) is 122 cm³/mol. The molecule has 0 aliphatic heterocycles. The Morgan fingerprint density at radius 1 is 0.909 bits per heavy atom. The minimum Gasteiger partial charge on any atom is -0.494 e. The van der Waals surface area contributed by atoms with Crippen molar-refractivity contribution in [2.75, 3.05) is 0 Å². The van der Waals surface area contributed by atoms with Gasteiger partial charge < -0.3 is 5.11 Å². The number of benzene rings is 1. The van der Waals surface area contributed by atoms with E-state index in [0.717, 1.165) is 10.1 Å². The summed E-state index contributed by atoms with van der Waals surface area (Å²) >= 11 is 0. The first-order chi connectivity index (χ1) is 15.9. The number of aromatic nitrogens is 6. The van der Waals surface area contributed by atoms with Crippen LogP contribution < -0.4 is 16.8 Å². The fourth-order valence-electron chi connectivity index (χ4n) is 4.00. The van der Waals surface area contributed by atoms with Gasteiger partial charge in [-0.2, -0.15) is 4.98 Å². The second kappa shape index (κ2) is 7.59. The van der Waals surface area contributed by atoms with Gasteiger partial charge in [0.2, 0.25) is 11.7 Å². The molecule has 0 aliphatic rings. The van der Waals surface area contributed by atoms with Crippen molar-refractivity contribution in [2.45, 2.75) is 13.0 Å². The van der Waals surface area contributed by atoms with Gasteiger partial charge in [0.25, 0.3) is 11.1 Å². The van der Waals surface area contributed by atoms with Crippen LogP contribution in [0.3, 0.4) is 0 Å². The smallest absolute Gasteiger partial charge is 0.332 e. The van der Waals surface area contributed by atoms with Gasteiger partial charge in [0.1, 0.15) is 0 Å². The highest BCUT2D eigenvalue weighted by molar-refractivity contribution is 5.76. The second-order valence-corrected chi connectivity index (χ2v) is 7.80. The van der Waals surface area contributed by atoms with Crippen molar-refractivity contribution in [1.29, 1.82) is 0 Å². The molecule has 0 amide bonds. The number of pyridine rings is 1. The zero-order valence-electron chi connectivity index (χ0n) is 18.0. The average Bonchev–Trinajstić information content (AvgIpc) is 3.24. The van der Waals surface area contributed by atoms with Gasteiger partial charge in [-0.05, 0) is 17.7 Å². The van der Waals surface area contributed by atoms with Crippen LogP contribution in [0.4, 0.5) is 0 Å². The van der Waals surface area contributed by atoms with Crippen molar-refractivity contribution in [1.82, 2.24) is 28.1 Å². The molecule has 0 bridgehead atoms. The first-order valence-electron chi connectivity index (χ1n) is 10.2. The van der Waals surface area contributed by atoms with E-state index in [9.17, 15) is 19.5 Å². The molecule has 10 heteroatoms. The summed E-state index contributed by atoms with van der Waals surface area (Å²) < 4.78 is 4.78. The van der Waals surface area contributed by atoms with Crippen molar-refractivity contribution >= 4 is 16.9 Å². The monoisotopic (exact) mass is 444 g/mol. The summed E-state index contributed by atoms with van der Waals surface area (Å²) in [5, 5.41) is 11.2. The van der Waals surface area contributed by atoms with Gasteiger partial charge in [-0.25, -0.2) is 9.20 Å². The highest BCUT2D eigenvalue weighted by atomic mass is 16.3. The number of fused-ring (bicyclic) bond motifs is 3. The third-order valence-electron chi connectivity index (χ3n) is 5.74. The van der Waals surface area contributed by atoms with Crippen LogP contribution in [0, 0.1) is 0 Å². The summed E-state index contributed by atoms with van der Waals surface area (Å²) in [6.07, 6.45) is 1.76. The first-order valence-corrected chi connectivity index (χ1v) is 10.2. The molecule has 0 fully saturated rings. The molecule has 5 rings (SSSR count). The van der Waals surface area contributed by atoms with E-state index in [4.69, 9.17) is 0 Å². The van der Waals surface area contributed by atoms with Gasteiger partial charge in [-0.15, -0.1) is 0 Å². The van der Waals surface area contributed by atoms with E-state index in [-0.39, 0.29) is 41.4 Å². The van der Waals surface area contributed by atoms with Gasteiger partial charge in [0.05, 0.1) is 17.8 Å². The molecule has 1 N–H and O–H groups in total. The van der Waals surface area contributed by atoms with Gasteiger partial charge in [-0.1, -0.05) is 36.4 Å². The van der Waals surface area contributed by atoms with E-state index in [1.54, 1.807) is 24.4 Å². The van der Waals surface area contributed by atoms with Gasteiger partial charge in [0, 0.05) is 26.7 Å². The topological polar surface area (TPSA) is 116 Å². The maximum Gasteiger partial charge on any atom is 0.332 e. The molecule has 0 saturated heterocycles. The fourth-order valence-corrected chi connectivity index (χ4v) is 4.00. The molecule has 4 heterocycles. The molecule has 0 aliphatic carbocycles. The summed E-state index contributed by atoms with van der Waals surface area (Å²) in [7, 11) is 2.84. The molecule has 0 saturated carbocycles. The molecule has 0 unspecified atom stereocenters. The Labute approximate surface area is 186 Å². The summed E-state index contributed by atoms with van der Waals surface area (Å²) in [5.74, 6) is -0.331. The Morgan fingerprint density at radius 3 is 2.33 bits per heavy atom. The van der Waals surface area contributed by atoms with E-state index < -0.39 is 16.8 Å². The number of aryl methyl sites for hydroxylation is 1. The Bertz CT molecular complexity index is 1700. The largest absolute Gasteiger partial charge is 0.494 e. The van der Waals surface area contributed by atoms with Crippen LogP contribution in [0.5, 0.6) is 5.88 Å². The van der Waals surface area contributed by atoms with Crippen molar-refractivity contribution in [3.8, 4) is 5.88 Å². The van der Waals surface area contributed by atoms with Crippen molar-refractivity contribution < 1.29 is 5.11 Å². The van der Waals surface area contributed by atoms with Crippen LogP contribution in [0.25, 0.3) is 16.9 Å². The molecule has 10 nitrogen and oxygen atoms in total. The number of imidazole rings is 1. The van der Waals surface area contributed by atoms with Crippen LogP contribution in [0.1, 0.15) is 16.8 Å². The highest BCUT2D eigenvalue weighted by Gasteiger charge is 2.24. The number of nitrogens with zero attached hydrogens (tertiary/aromatic N) is 6. The Morgan fingerprint density at radius 2 is 1.64 bits per heavy atom. The quantitative estimate of drug-likeness (QED) is 0.438. The maximum atomic E-state index is 13.6. The zero-order chi connectivity index (χ0) is 23.3. The predicted octanol–water partition coefficient (Wildman–Crippen LogP) is 0.786. The minimum absolute atomic E-state index is 0.0104. The van der Waals surface area contributed by atoms with Crippen LogP contribution in [-0.4, -0.2) is 33.2 Å². The lowest BCUT2D eigenvalue weighted by Crippen LogP contribution is -2.37. The lowest BCUT2D eigenvalue weighted by atomic mass is 10.1. The molecule has 0 atom stereocenters. The van der Waals surface area contributed by atoms with E-state index in [2.05, 4.69) is 9.97 Å². The first kappa shape index (κ1) is 20.4. The summed E-state index contributed by atoms with van der Waals surface area (Å²) in [5.41, 5.74) is -0.0136. The van der Waals surface area contributed by atoms with Crippen LogP contribution in [0.15, 0.2) is 69.1 Å². The van der Waals surface area contributed by atoms with Crippen LogP contribution >= 0.6 is 0 Å². The summed E-state index contributed by atoms with van der Waals surface area (Å²) in [6, 6.07) is 14.6. The lowest BCUT2D eigenvalue weighted by molar-refractivity contribution is 0.435.